The van der Waals surface area contributed by atoms with E-state index in [4.69, 9.17) is 39.5 Å². The van der Waals surface area contributed by atoms with E-state index >= 15 is 0 Å². The van der Waals surface area contributed by atoms with Crippen molar-refractivity contribution in [2.24, 2.45) is 0 Å². The van der Waals surface area contributed by atoms with Crippen molar-refractivity contribution in [2.45, 2.75) is 26.8 Å². The molecule has 1 amide bonds. The van der Waals surface area contributed by atoms with Crippen molar-refractivity contribution < 1.29 is 9.53 Å². The van der Waals surface area contributed by atoms with Gasteiger partial charge < -0.3 is 15.4 Å². The topological polar surface area (TPSA) is 50.4 Å². The van der Waals surface area contributed by atoms with E-state index in [0.717, 1.165) is 23.2 Å². The number of nitrogens with one attached hydrogen (secondary N) is 2. The predicted molar refractivity (Wildman–Crippen MR) is 130 cm³/mol. The molecule has 0 aromatic heterocycles. The van der Waals surface area contributed by atoms with Gasteiger partial charge in [-0.2, -0.15) is 0 Å². The molecule has 2 N–H and O–H groups in total. The van der Waals surface area contributed by atoms with Crippen LogP contribution >= 0.6 is 34.8 Å². The zero-order chi connectivity index (χ0) is 22.4. The second-order valence-electron chi connectivity index (χ2n) is 7.09. The largest absolute Gasteiger partial charge is 0.481 e. The summed E-state index contributed by atoms with van der Waals surface area (Å²) in [7, 11) is 0. The van der Waals surface area contributed by atoms with Crippen molar-refractivity contribution in [2.75, 3.05) is 17.2 Å². The van der Waals surface area contributed by atoms with Crippen LogP contribution in [0.15, 0.2) is 54.6 Å². The number of benzene rings is 3. The second kappa shape index (κ2) is 10.8. The monoisotopic (exact) mass is 476 g/mol. The van der Waals surface area contributed by atoms with E-state index in [9.17, 15) is 4.79 Å². The number of halogens is 3. The fraction of sp³-hybridized carbons (Fsp3) is 0.208. The quantitative estimate of drug-likeness (QED) is 0.362. The Morgan fingerprint density at radius 3 is 2.13 bits per heavy atom. The Kier molecular flexibility index (Phi) is 8.08. The molecule has 0 fully saturated rings. The minimum atomic E-state index is -0.340. The maximum atomic E-state index is 12.2. The Morgan fingerprint density at radius 2 is 1.52 bits per heavy atom. The third kappa shape index (κ3) is 6.54. The number of hydrogen-bond acceptors (Lipinski definition) is 3. The number of amides is 1. The molecular formula is C24H23Cl3N2O2. The van der Waals surface area contributed by atoms with Gasteiger partial charge >= 0.3 is 0 Å². The number of ether oxygens (including phenoxy) is 1. The molecule has 0 heterocycles. The molecule has 0 saturated heterocycles. The summed E-state index contributed by atoms with van der Waals surface area (Å²) in [4.78, 5) is 12.2. The van der Waals surface area contributed by atoms with E-state index in [0.29, 0.717) is 27.3 Å². The van der Waals surface area contributed by atoms with Crippen molar-refractivity contribution in [3.8, 4) is 5.75 Å². The van der Waals surface area contributed by atoms with Crippen LogP contribution in [0.1, 0.15) is 23.6 Å². The molecule has 0 aliphatic carbocycles. The molecule has 4 nitrogen and oxygen atoms in total. The molecule has 0 aliphatic rings. The zero-order valence-electron chi connectivity index (χ0n) is 17.3. The summed E-state index contributed by atoms with van der Waals surface area (Å²) >= 11 is 18.8. The fourth-order valence-corrected chi connectivity index (χ4v) is 3.74. The Balaban J connectivity index is 1.57. The van der Waals surface area contributed by atoms with E-state index < -0.39 is 0 Å². The van der Waals surface area contributed by atoms with Crippen LogP contribution in [0.25, 0.3) is 0 Å². The minimum absolute atomic E-state index is 0.230. The molecule has 3 aromatic rings. The highest BCUT2D eigenvalue weighted by molar-refractivity contribution is 6.37. The highest BCUT2D eigenvalue weighted by atomic mass is 35.5. The first-order valence-corrected chi connectivity index (χ1v) is 11.0. The van der Waals surface area contributed by atoms with Gasteiger partial charge in [-0.15, -0.1) is 0 Å². The molecule has 0 saturated carbocycles. The van der Waals surface area contributed by atoms with E-state index in [1.54, 1.807) is 24.3 Å². The van der Waals surface area contributed by atoms with Gasteiger partial charge in [-0.05, 0) is 66.4 Å². The van der Waals surface area contributed by atoms with Gasteiger partial charge in [0, 0.05) is 22.9 Å². The molecule has 3 rings (SSSR count). The molecule has 31 heavy (non-hydrogen) atoms. The third-order valence-electron chi connectivity index (χ3n) is 4.72. The van der Waals surface area contributed by atoms with Gasteiger partial charge in [0.15, 0.2) is 12.4 Å². The third-order valence-corrected chi connectivity index (χ3v) is 5.69. The zero-order valence-corrected chi connectivity index (χ0v) is 19.5. The number of aryl methyl sites for hydroxylation is 2. The Hall–Kier alpha value is -2.40. The molecule has 3 aromatic carbocycles. The molecule has 0 aliphatic heterocycles. The normalized spacial score (nSPS) is 10.6. The van der Waals surface area contributed by atoms with Crippen LogP contribution in [0.3, 0.4) is 0 Å². The van der Waals surface area contributed by atoms with Gasteiger partial charge in [0.05, 0.1) is 10.0 Å². The van der Waals surface area contributed by atoms with Gasteiger partial charge in [-0.1, -0.05) is 59.9 Å². The first kappa shape index (κ1) is 23.3. The van der Waals surface area contributed by atoms with Gasteiger partial charge in [0.25, 0.3) is 5.91 Å². The number of anilines is 2. The van der Waals surface area contributed by atoms with E-state index in [2.05, 4.69) is 29.7 Å². The first-order valence-electron chi connectivity index (χ1n) is 9.85. The lowest BCUT2D eigenvalue weighted by Gasteiger charge is -2.13. The number of hydrogen-bond donors (Lipinski definition) is 2. The van der Waals surface area contributed by atoms with Gasteiger partial charge in [0.2, 0.25) is 0 Å². The van der Waals surface area contributed by atoms with E-state index in [-0.39, 0.29) is 18.3 Å². The molecule has 0 radical (unpaired) electrons. The second-order valence-corrected chi connectivity index (χ2v) is 8.32. The number of carbonyl (C=O) groups is 1. The van der Waals surface area contributed by atoms with Gasteiger partial charge in [-0.25, -0.2) is 0 Å². The van der Waals surface area contributed by atoms with Crippen molar-refractivity contribution in [3.63, 3.8) is 0 Å². The highest BCUT2D eigenvalue weighted by Gasteiger charge is 2.13. The lowest BCUT2D eigenvalue weighted by molar-refractivity contribution is -0.118. The summed E-state index contributed by atoms with van der Waals surface area (Å²) in [5.74, 6) is -0.0650. The predicted octanol–water partition coefficient (Wildman–Crippen LogP) is 7.15. The SMILES string of the molecule is CCc1ccc(NCc2cc(Cl)c(OCC(=O)Nc3ccc(C)c(Cl)c3)c(Cl)c2)cc1. The Morgan fingerprint density at radius 1 is 0.871 bits per heavy atom. The van der Waals surface area contributed by atoms with Crippen molar-refractivity contribution in [3.05, 3.63) is 86.4 Å². The maximum Gasteiger partial charge on any atom is 0.262 e. The Bertz CT molecular complexity index is 1050. The fourth-order valence-electron chi connectivity index (χ4n) is 2.92. The highest BCUT2D eigenvalue weighted by Crippen LogP contribution is 2.34. The maximum absolute atomic E-state index is 12.2. The van der Waals surface area contributed by atoms with E-state index in [1.807, 2.05) is 25.1 Å². The summed E-state index contributed by atoms with van der Waals surface area (Å²) in [6, 6.07) is 17.1. The molecule has 0 spiro atoms. The van der Waals surface area contributed by atoms with Crippen molar-refractivity contribution in [1.82, 2.24) is 0 Å². The van der Waals surface area contributed by atoms with Crippen LogP contribution in [-0.2, 0) is 17.8 Å². The van der Waals surface area contributed by atoms with Gasteiger partial charge in [0.1, 0.15) is 0 Å². The number of rotatable bonds is 8. The summed E-state index contributed by atoms with van der Waals surface area (Å²) in [6.07, 6.45) is 1.00. The van der Waals surface area contributed by atoms with Crippen LogP contribution in [0.4, 0.5) is 11.4 Å². The van der Waals surface area contributed by atoms with Gasteiger partial charge in [-0.3, -0.25) is 4.79 Å². The standard InChI is InChI=1S/C24H23Cl3N2O2/c1-3-16-5-8-18(9-6-16)28-13-17-10-21(26)24(22(27)11-17)31-14-23(30)29-19-7-4-15(2)20(25)12-19/h4-12,28H,3,13-14H2,1-2H3,(H,29,30). The van der Waals surface area contributed by atoms with Crippen LogP contribution in [0.5, 0.6) is 5.75 Å². The number of carbonyl (C=O) groups excluding carboxylic acids is 1. The Labute approximate surface area is 197 Å². The molecule has 0 bridgehead atoms. The average molecular weight is 478 g/mol. The summed E-state index contributed by atoms with van der Waals surface area (Å²) in [6.45, 7) is 4.34. The molecular weight excluding hydrogens is 455 g/mol. The van der Waals surface area contributed by atoms with Crippen LogP contribution in [0.2, 0.25) is 15.1 Å². The van der Waals surface area contributed by atoms with Crippen LogP contribution in [0, 0.1) is 6.92 Å². The molecule has 7 heteroatoms. The van der Waals surface area contributed by atoms with E-state index in [1.165, 1.54) is 5.56 Å². The van der Waals surface area contributed by atoms with Crippen molar-refractivity contribution in [1.29, 1.82) is 0 Å². The lowest BCUT2D eigenvalue weighted by atomic mass is 10.1. The van der Waals surface area contributed by atoms with Crippen LogP contribution < -0.4 is 15.4 Å². The summed E-state index contributed by atoms with van der Waals surface area (Å²) < 4.78 is 5.57. The lowest BCUT2D eigenvalue weighted by Crippen LogP contribution is -2.20. The summed E-state index contributed by atoms with van der Waals surface area (Å²) in [5, 5.41) is 7.34. The minimum Gasteiger partial charge on any atom is -0.481 e. The molecule has 0 unspecified atom stereocenters. The van der Waals surface area contributed by atoms with Crippen molar-refractivity contribution >= 4 is 52.1 Å². The summed E-state index contributed by atoms with van der Waals surface area (Å²) in [5.41, 5.74) is 4.72. The van der Waals surface area contributed by atoms with Crippen LogP contribution in [-0.4, -0.2) is 12.5 Å². The average Bonchev–Trinajstić information content (AvgIpc) is 2.74. The molecule has 0 atom stereocenters. The first-order chi connectivity index (χ1) is 14.9. The molecule has 162 valence electrons. The smallest absolute Gasteiger partial charge is 0.262 e.